The van der Waals surface area contributed by atoms with Crippen LogP contribution in [-0.2, 0) is 0 Å². The molecule has 1 rings (SSSR count). The van der Waals surface area contributed by atoms with E-state index in [4.69, 9.17) is 17.3 Å². The van der Waals surface area contributed by atoms with Gasteiger partial charge in [-0.2, -0.15) is 0 Å². The lowest BCUT2D eigenvalue weighted by Gasteiger charge is -2.32. The van der Waals surface area contributed by atoms with Gasteiger partial charge in [-0.25, -0.2) is 9.37 Å². The predicted molar refractivity (Wildman–Crippen MR) is 69.9 cm³/mol. The van der Waals surface area contributed by atoms with Crippen LogP contribution >= 0.6 is 11.6 Å². The Labute approximate surface area is 107 Å². The second-order valence-corrected chi connectivity index (χ2v) is 5.28. The molecule has 0 aliphatic carbocycles. The fourth-order valence-corrected chi connectivity index (χ4v) is 1.70. The summed E-state index contributed by atoms with van der Waals surface area (Å²) < 4.78 is 13.7. The van der Waals surface area contributed by atoms with Gasteiger partial charge in [0, 0.05) is 19.3 Å². The van der Waals surface area contributed by atoms with Crippen LogP contribution in [0.25, 0.3) is 0 Å². The van der Waals surface area contributed by atoms with Crippen LogP contribution in [0.5, 0.6) is 0 Å². The van der Waals surface area contributed by atoms with Gasteiger partial charge in [-0.05, 0) is 24.9 Å². The third-order valence-corrected chi connectivity index (χ3v) is 2.85. The Hall–Kier alpha value is -0.870. The highest BCUT2D eigenvalue weighted by Crippen LogP contribution is 2.23. The van der Waals surface area contributed by atoms with Gasteiger partial charge in [-0.3, -0.25) is 0 Å². The van der Waals surface area contributed by atoms with E-state index in [2.05, 4.69) is 4.98 Å². The van der Waals surface area contributed by atoms with E-state index in [1.54, 1.807) is 0 Å². The minimum Gasteiger partial charge on any atom is -0.354 e. The van der Waals surface area contributed by atoms with Crippen molar-refractivity contribution in [2.75, 3.05) is 24.5 Å². The number of halogens is 2. The third kappa shape index (κ3) is 3.82. The lowest BCUT2D eigenvalue weighted by atomic mass is 9.93. The van der Waals surface area contributed by atoms with E-state index in [1.807, 2.05) is 25.7 Å². The largest absolute Gasteiger partial charge is 0.354 e. The van der Waals surface area contributed by atoms with Crippen LogP contribution in [0.2, 0.25) is 5.02 Å². The van der Waals surface area contributed by atoms with Gasteiger partial charge in [-0.15, -0.1) is 0 Å². The Bertz CT molecular complexity index is 382. The summed E-state index contributed by atoms with van der Waals surface area (Å²) in [6, 6.07) is 1.28. The van der Waals surface area contributed by atoms with Gasteiger partial charge < -0.3 is 10.6 Å². The zero-order chi connectivity index (χ0) is 13.1. The van der Waals surface area contributed by atoms with Crippen LogP contribution in [0.1, 0.15) is 20.8 Å². The molecule has 0 amide bonds. The number of pyridine rings is 1. The minimum atomic E-state index is -0.396. The number of hydrogen-bond acceptors (Lipinski definition) is 3. The molecular formula is C12H19ClFN3. The fourth-order valence-electron chi connectivity index (χ4n) is 1.56. The van der Waals surface area contributed by atoms with Crippen molar-refractivity contribution in [3.8, 4) is 0 Å². The molecule has 1 heterocycles. The summed E-state index contributed by atoms with van der Waals surface area (Å²) in [7, 11) is 0. The van der Waals surface area contributed by atoms with E-state index in [0.29, 0.717) is 30.5 Å². The molecule has 0 saturated carbocycles. The highest BCUT2D eigenvalue weighted by Gasteiger charge is 2.22. The second-order valence-electron chi connectivity index (χ2n) is 4.84. The Kier molecular flexibility index (Phi) is 4.71. The first kappa shape index (κ1) is 14.2. The second kappa shape index (κ2) is 5.65. The molecule has 0 fully saturated rings. The molecule has 0 spiro atoms. The zero-order valence-corrected chi connectivity index (χ0v) is 11.3. The topological polar surface area (TPSA) is 42.1 Å². The van der Waals surface area contributed by atoms with Crippen LogP contribution in [0.4, 0.5) is 10.2 Å². The number of nitrogens with two attached hydrogens (primary N) is 1. The van der Waals surface area contributed by atoms with E-state index in [1.165, 1.54) is 12.3 Å². The number of hydrogen-bond donors (Lipinski definition) is 1. The predicted octanol–water partition coefficient (Wildman–Crippen LogP) is 2.69. The van der Waals surface area contributed by atoms with E-state index in [-0.39, 0.29) is 5.41 Å². The molecule has 5 heteroatoms. The van der Waals surface area contributed by atoms with Crippen molar-refractivity contribution in [1.82, 2.24) is 4.98 Å². The number of aromatic nitrogens is 1. The van der Waals surface area contributed by atoms with Crippen LogP contribution in [0.15, 0.2) is 12.3 Å². The number of anilines is 1. The maximum atomic E-state index is 13.7. The highest BCUT2D eigenvalue weighted by atomic mass is 35.5. The molecule has 1 aromatic rings. The monoisotopic (exact) mass is 259 g/mol. The smallest absolute Gasteiger partial charge is 0.167 e. The lowest BCUT2D eigenvalue weighted by molar-refractivity contribution is 0.377. The molecule has 0 bridgehead atoms. The maximum Gasteiger partial charge on any atom is 0.167 e. The average Bonchev–Trinajstić information content (AvgIpc) is 2.26. The fraction of sp³-hybridized carbons (Fsp3) is 0.583. The van der Waals surface area contributed by atoms with Crippen molar-refractivity contribution in [2.24, 2.45) is 11.1 Å². The molecule has 0 atom stereocenters. The summed E-state index contributed by atoms with van der Waals surface area (Å²) >= 11 is 5.68. The lowest BCUT2D eigenvalue weighted by Crippen LogP contribution is -2.39. The standard InChI is InChI=1S/C12H19ClFN3/c1-4-17(8-12(2,3)7-15)11-10(14)5-9(13)6-16-11/h5-6H,4,7-8,15H2,1-3H3. The summed E-state index contributed by atoms with van der Waals surface area (Å²) in [6.07, 6.45) is 1.46. The first-order valence-corrected chi connectivity index (χ1v) is 6.03. The van der Waals surface area contributed by atoms with Gasteiger partial charge in [0.1, 0.15) is 0 Å². The first-order valence-electron chi connectivity index (χ1n) is 5.65. The van der Waals surface area contributed by atoms with Crippen LogP contribution in [-0.4, -0.2) is 24.6 Å². The van der Waals surface area contributed by atoms with Crippen molar-refractivity contribution in [3.63, 3.8) is 0 Å². The Balaban J connectivity index is 2.94. The molecule has 0 saturated heterocycles. The number of rotatable bonds is 5. The molecule has 2 N–H and O–H groups in total. The molecule has 17 heavy (non-hydrogen) atoms. The van der Waals surface area contributed by atoms with Crippen LogP contribution in [0.3, 0.4) is 0 Å². The third-order valence-electron chi connectivity index (χ3n) is 2.64. The molecule has 96 valence electrons. The van der Waals surface area contributed by atoms with Gasteiger partial charge in [0.2, 0.25) is 0 Å². The van der Waals surface area contributed by atoms with Gasteiger partial charge >= 0.3 is 0 Å². The van der Waals surface area contributed by atoms with Gasteiger partial charge in [0.15, 0.2) is 11.6 Å². The molecule has 0 radical (unpaired) electrons. The Morgan fingerprint density at radius 3 is 2.65 bits per heavy atom. The van der Waals surface area contributed by atoms with E-state index in [9.17, 15) is 4.39 Å². The molecule has 0 aliphatic heterocycles. The van der Waals surface area contributed by atoms with E-state index >= 15 is 0 Å². The summed E-state index contributed by atoms with van der Waals surface area (Å²) in [5, 5.41) is 0.306. The summed E-state index contributed by atoms with van der Waals surface area (Å²) in [5.74, 6) is -0.0643. The van der Waals surface area contributed by atoms with Crippen molar-refractivity contribution >= 4 is 17.4 Å². The molecule has 3 nitrogen and oxygen atoms in total. The Morgan fingerprint density at radius 2 is 2.18 bits per heavy atom. The Morgan fingerprint density at radius 1 is 1.53 bits per heavy atom. The maximum absolute atomic E-state index is 13.7. The van der Waals surface area contributed by atoms with Crippen molar-refractivity contribution in [3.05, 3.63) is 23.1 Å². The molecular weight excluding hydrogens is 241 g/mol. The number of nitrogens with zero attached hydrogens (tertiary/aromatic N) is 2. The molecule has 1 aromatic heterocycles. The average molecular weight is 260 g/mol. The van der Waals surface area contributed by atoms with Gasteiger partial charge in [0.05, 0.1) is 5.02 Å². The first-order chi connectivity index (χ1) is 7.89. The van der Waals surface area contributed by atoms with Crippen LogP contribution in [0, 0.1) is 11.2 Å². The van der Waals surface area contributed by atoms with Gasteiger partial charge in [-0.1, -0.05) is 25.4 Å². The van der Waals surface area contributed by atoms with Crippen LogP contribution < -0.4 is 10.6 Å². The minimum absolute atomic E-state index is 0.0796. The summed E-state index contributed by atoms with van der Waals surface area (Å²) in [4.78, 5) is 5.92. The summed E-state index contributed by atoms with van der Waals surface area (Å²) in [5.41, 5.74) is 5.61. The summed E-state index contributed by atoms with van der Waals surface area (Å²) in [6.45, 7) is 7.93. The molecule has 0 unspecified atom stereocenters. The SMILES string of the molecule is CCN(CC(C)(C)CN)c1ncc(Cl)cc1F. The highest BCUT2D eigenvalue weighted by molar-refractivity contribution is 6.30. The normalized spacial score (nSPS) is 11.6. The van der Waals surface area contributed by atoms with Crippen molar-refractivity contribution < 1.29 is 4.39 Å². The van der Waals surface area contributed by atoms with Crippen molar-refractivity contribution in [1.29, 1.82) is 0 Å². The van der Waals surface area contributed by atoms with Crippen molar-refractivity contribution in [2.45, 2.75) is 20.8 Å². The molecule has 0 aromatic carbocycles. The molecule has 0 aliphatic rings. The zero-order valence-electron chi connectivity index (χ0n) is 10.5. The quantitative estimate of drug-likeness (QED) is 0.884. The van der Waals surface area contributed by atoms with E-state index in [0.717, 1.165) is 0 Å². The van der Waals surface area contributed by atoms with E-state index < -0.39 is 5.82 Å². The van der Waals surface area contributed by atoms with Gasteiger partial charge in [0.25, 0.3) is 0 Å².